The molecule has 2 nitrogen and oxygen atoms in total. The van der Waals surface area contributed by atoms with Crippen molar-refractivity contribution in [1.82, 2.24) is 10.3 Å². The average Bonchev–Trinajstić information content (AvgIpc) is 2.20. The third-order valence-electron chi connectivity index (χ3n) is 2.30. The molecule has 1 rings (SSSR count). The molecule has 14 heavy (non-hydrogen) atoms. The Morgan fingerprint density at radius 2 is 2.43 bits per heavy atom. The Balaban J connectivity index is 2.58. The van der Waals surface area contributed by atoms with Crippen LogP contribution in [0.25, 0.3) is 0 Å². The third kappa shape index (κ3) is 3.30. The summed E-state index contributed by atoms with van der Waals surface area (Å²) in [5.41, 5.74) is 2.48. The summed E-state index contributed by atoms with van der Waals surface area (Å²) in [6.45, 7) is 5.98. The smallest absolute Gasteiger partial charge is 0.0335 e. The first-order chi connectivity index (χ1) is 6.74. The molecule has 1 N–H and O–H groups in total. The van der Waals surface area contributed by atoms with Crippen molar-refractivity contribution in [2.45, 2.75) is 25.8 Å². The molecule has 1 heterocycles. The lowest BCUT2D eigenvalue weighted by molar-refractivity contribution is 0.546. The van der Waals surface area contributed by atoms with Crippen molar-refractivity contribution in [1.29, 1.82) is 0 Å². The monoisotopic (exact) mass is 190 g/mol. The van der Waals surface area contributed by atoms with Crippen LogP contribution in [0.3, 0.4) is 0 Å². The Bertz CT molecular complexity index is 280. The number of pyridine rings is 1. The summed E-state index contributed by atoms with van der Waals surface area (Å²) in [7, 11) is 1.98. The summed E-state index contributed by atoms with van der Waals surface area (Å²) < 4.78 is 0. The van der Waals surface area contributed by atoms with Crippen LogP contribution in [-0.2, 0) is 0 Å². The molecule has 1 unspecified atom stereocenters. The Kier molecular flexibility index (Phi) is 4.33. The Morgan fingerprint density at radius 1 is 1.64 bits per heavy atom. The van der Waals surface area contributed by atoms with Gasteiger partial charge in [0, 0.05) is 18.4 Å². The number of allylic oxidation sites excluding steroid dienone is 1. The van der Waals surface area contributed by atoms with Crippen LogP contribution in [0.15, 0.2) is 36.7 Å². The number of nitrogens with zero attached hydrogens (tertiary/aromatic N) is 1. The average molecular weight is 190 g/mol. The highest BCUT2D eigenvalue weighted by Gasteiger charge is 2.07. The van der Waals surface area contributed by atoms with Crippen molar-refractivity contribution in [2.24, 2.45) is 0 Å². The third-order valence-corrected chi connectivity index (χ3v) is 2.30. The van der Waals surface area contributed by atoms with E-state index in [0.717, 1.165) is 12.8 Å². The fraction of sp³-hybridized carbons (Fsp3) is 0.417. The van der Waals surface area contributed by atoms with Gasteiger partial charge < -0.3 is 5.32 Å². The van der Waals surface area contributed by atoms with E-state index in [2.05, 4.69) is 29.9 Å². The van der Waals surface area contributed by atoms with Gasteiger partial charge >= 0.3 is 0 Å². The van der Waals surface area contributed by atoms with Gasteiger partial charge in [0.05, 0.1) is 0 Å². The van der Waals surface area contributed by atoms with Crippen molar-refractivity contribution in [3.8, 4) is 0 Å². The lowest BCUT2D eigenvalue weighted by Crippen LogP contribution is -2.16. The minimum Gasteiger partial charge on any atom is -0.313 e. The first-order valence-corrected chi connectivity index (χ1v) is 4.95. The quantitative estimate of drug-likeness (QED) is 0.722. The zero-order valence-electron chi connectivity index (χ0n) is 8.96. The topological polar surface area (TPSA) is 24.9 Å². The molecule has 0 aromatic carbocycles. The van der Waals surface area contributed by atoms with Gasteiger partial charge in [-0.3, -0.25) is 4.98 Å². The molecule has 1 aromatic heterocycles. The lowest BCUT2D eigenvalue weighted by Gasteiger charge is -2.15. The fourth-order valence-electron chi connectivity index (χ4n) is 1.45. The van der Waals surface area contributed by atoms with Gasteiger partial charge in [0.1, 0.15) is 0 Å². The highest BCUT2D eigenvalue weighted by atomic mass is 14.9. The zero-order valence-corrected chi connectivity index (χ0v) is 8.96. The number of aromatic nitrogens is 1. The molecule has 0 aliphatic heterocycles. The molecule has 2 heteroatoms. The predicted molar refractivity (Wildman–Crippen MR) is 60.1 cm³/mol. The molecule has 1 aromatic rings. The SMILES string of the molecule is C=C(C)CCC(NC)c1cccnc1. The molecule has 0 spiro atoms. The van der Waals surface area contributed by atoms with Crippen molar-refractivity contribution >= 4 is 0 Å². The summed E-state index contributed by atoms with van der Waals surface area (Å²) in [5.74, 6) is 0. The van der Waals surface area contributed by atoms with E-state index in [-0.39, 0.29) is 0 Å². The Labute approximate surface area is 86.1 Å². The van der Waals surface area contributed by atoms with E-state index in [9.17, 15) is 0 Å². The van der Waals surface area contributed by atoms with Crippen molar-refractivity contribution in [3.05, 3.63) is 42.2 Å². The maximum atomic E-state index is 4.12. The van der Waals surface area contributed by atoms with Gasteiger partial charge in [-0.2, -0.15) is 0 Å². The maximum absolute atomic E-state index is 4.12. The van der Waals surface area contributed by atoms with Crippen LogP contribution < -0.4 is 5.32 Å². The van der Waals surface area contributed by atoms with E-state index in [1.165, 1.54) is 11.1 Å². The van der Waals surface area contributed by atoms with Gasteiger partial charge in [-0.15, -0.1) is 6.58 Å². The number of hydrogen-bond acceptors (Lipinski definition) is 2. The number of nitrogens with one attached hydrogen (secondary N) is 1. The molecule has 0 bridgehead atoms. The minimum absolute atomic E-state index is 0.389. The first-order valence-electron chi connectivity index (χ1n) is 4.95. The minimum atomic E-state index is 0.389. The Hall–Kier alpha value is -1.15. The van der Waals surface area contributed by atoms with Crippen LogP contribution in [-0.4, -0.2) is 12.0 Å². The van der Waals surface area contributed by atoms with Gasteiger partial charge in [0.2, 0.25) is 0 Å². The summed E-state index contributed by atoms with van der Waals surface area (Å²) >= 11 is 0. The summed E-state index contributed by atoms with van der Waals surface area (Å²) in [6.07, 6.45) is 5.85. The molecule has 76 valence electrons. The van der Waals surface area contributed by atoms with E-state index in [1.54, 1.807) is 6.20 Å². The van der Waals surface area contributed by atoms with E-state index in [0.29, 0.717) is 6.04 Å². The highest BCUT2D eigenvalue weighted by Crippen LogP contribution is 2.18. The van der Waals surface area contributed by atoms with Crippen LogP contribution in [0.4, 0.5) is 0 Å². The molecule has 0 amide bonds. The summed E-state index contributed by atoms with van der Waals surface area (Å²) in [6, 6.07) is 4.47. The normalized spacial score (nSPS) is 12.4. The van der Waals surface area contributed by atoms with Crippen LogP contribution in [0, 0.1) is 0 Å². The van der Waals surface area contributed by atoms with Gasteiger partial charge in [0.25, 0.3) is 0 Å². The first kappa shape index (κ1) is 10.9. The maximum Gasteiger partial charge on any atom is 0.0335 e. The second-order valence-corrected chi connectivity index (χ2v) is 3.62. The second kappa shape index (κ2) is 5.55. The van der Waals surface area contributed by atoms with Gasteiger partial charge in [-0.05, 0) is 38.4 Å². The summed E-state index contributed by atoms with van der Waals surface area (Å²) in [4.78, 5) is 4.12. The lowest BCUT2D eigenvalue weighted by atomic mass is 10.0. The molecule has 0 fully saturated rings. The molecule has 0 saturated carbocycles. The molecule has 0 aliphatic rings. The second-order valence-electron chi connectivity index (χ2n) is 3.62. The molecule has 0 aliphatic carbocycles. The van der Waals surface area contributed by atoms with E-state index >= 15 is 0 Å². The van der Waals surface area contributed by atoms with E-state index in [4.69, 9.17) is 0 Å². The highest BCUT2D eigenvalue weighted by molar-refractivity contribution is 5.14. The zero-order chi connectivity index (χ0) is 10.4. The summed E-state index contributed by atoms with van der Waals surface area (Å²) in [5, 5.41) is 3.29. The van der Waals surface area contributed by atoms with E-state index < -0.39 is 0 Å². The predicted octanol–water partition coefficient (Wildman–Crippen LogP) is 2.70. The largest absolute Gasteiger partial charge is 0.313 e. The number of hydrogen-bond donors (Lipinski definition) is 1. The molecule has 0 radical (unpaired) electrons. The molecule has 1 atom stereocenters. The molecular formula is C12H18N2. The van der Waals surface area contributed by atoms with Crippen LogP contribution >= 0.6 is 0 Å². The van der Waals surface area contributed by atoms with Crippen LogP contribution in [0.1, 0.15) is 31.4 Å². The van der Waals surface area contributed by atoms with Crippen LogP contribution in [0.5, 0.6) is 0 Å². The molecular weight excluding hydrogens is 172 g/mol. The van der Waals surface area contributed by atoms with Crippen LogP contribution in [0.2, 0.25) is 0 Å². The standard InChI is InChI=1S/C12H18N2/c1-10(2)6-7-12(13-3)11-5-4-8-14-9-11/h4-5,8-9,12-13H,1,6-7H2,2-3H3. The number of rotatable bonds is 5. The van der Waals surface area contributed by atoms with Gasteiger partial charge in [0.15, 0.2) is 0 Å². The van der Waals surface area contributed by atoms with Gasteiger partial charge in [-0.1, -0.05) is 11.6 Å². The van der Waals surface area contributed by atoms with Crippen molar-refractivity contribution < 1.29 is 0 Å². The van der Waals surface area contributed by atoms with Crippen molar-refractivity contribution in [2.75, 3.05) is 7.05 Å². The Morgan fingerprint density at radius 3 is 2.93 bits per heavy atom. The van der Waals surface area contributed by atoms with E-state index in [1.807, 2.05) is 19.3 Å². The van der Waals surface area contributed by atoms with Crippen molar-refractivity contribution in [3.63, 3.8) is 0 Å². The fourth-order valence-corrected chi connectivity index (χ4v) is 1.45. The molecule has 0 saturated heterocycles. The van der Waals surface area contributed by atoms with Gasteiger partial charge in [-0.25, -0.2) is 0 Å².